The van der Waals surface area contributed by atoms with Crippen LogP contribution in [0.3, 0.4) is 0 Å². The second kappa shape index (κ2) is 4.69. The van der Waals surface area contributed by atoms with Gasteiger partial charge in [-0.05, 0) is 24.3 Å². The molecule has 0 amide bonds. The fraction of sp³-hybridized carbons (Fsp3) is 0. The van der Waals surface area contributed by atoms with Crippen molar-refractivity contribution in [2.45, 2.75) is 0 Å². The standard InChI is InChI=1S/C12H9N3S.ClH/c13-9-5-2-1-4-8(9)11-15-10-6-3-7-14-12(10)16-11;/h1-7H,13H2;1H. The molecule has 2 aromatic heterocycles. The Morgan fingerprint density at radius 2 is 1.88 bits per heavy atom. The van der Waals surface area contributed by atoms with Crippen molar-refractivity contribution < 1.29 is 0 Å². The number of halogens is 1. The van der Waals surface area contributed by atoms with E-state index in [0.717, 1.165) is 26.6 Å². The third kappa shape index (κ3) is 2.09. The number of nitrogen functional groups attached to an aromatic ring is 1. The van der Waals surface area contributed by atoms with Gasteiger partial charge in [0.1, 0.15) is 15.4 Å². The molecule has 2 N–H and O–H groups in total. The summed E-state index contributed by atoms with van der Waals surface area (Å²) in [4.78, 5) is 9.74. The van der Waals surface area contributed by atoms with Gasteiger partial charge in [0.2, 0.25) is 0 Å². The van der Waals surface area contributed by atoms with Crippen molar-refractivity contribution >= 4 is 39.8 Å². The number of nitrogens with two attached hydrogens (primary N) is 1. The van der Waals surface area contributed by atoms with Crippen molar-refractivity contribution in [3.05, 3.63) is 42.6 Å². The van der Waals surface area contributed by atoms with E-state index in [-0.39, 0.29) is 12.4 Å². The summed E-state index contributed by atoms with van der Waals surface area (Å²) in [5.41, 5.74) is 8.57. The topological polar surface area (TPSA) is 51.8 Å². The van der Waals surface area contributed by atoms with Gasteiger partial charge >= 0.3 is 0 Å². The molecule has 17 heavy (non-hydrogen) atoms. The van der Waals surface area contributed by atoms with Gasteiger partial charge in [0.25, 0.3) is 0 Å². The van der Waals surface area contributed by atoms with Gasteiger partial charge in [0.15, 0.2) is 0 Å². The Morgan fingerprint density at radius 3 is 2.65 bits per heavy atom. The average molecular weight is 264 g/mol. The first-order valence-corrected chi connectivity index (χ1v) is 5.73. The lowest BCUT2D eigenvalue weighted by Gasteiger charge is -1.99. The van der Waals surface area contributed by atoms with Crippen LogP contribution in [0.1, 0.15) is 0 Å². The number of hydrogen-bond acceptors (Lipinski definition) is 4. The highest BCUT2D eigenvalue weighted by Gasteiger charge is 2.08. The molecular weight excluding hydrogens is 254 g/mol. The quantitative estimate of drug-likeness (QED) is 0.685. The van der Waals surface area contributed by atoms with Gasteiger partial charge in [-0.15, -0.1) is 12.4 Å². The van der Waals surface area contributed by atoms with E-state index in [9.17, 15) is 0 Å². The molecule has 0 aliphatic rings. The minimum Gasteiger partial charge on any atom is -0.398 e. The van der Waals surface area contributed by atoms with Gasteiger partial charge in [-0.3, -0.25) is 0 Å². The van der Waals surface area contributed by atoms with E-state index < -0.39 is 0 Å². The highest BCUT2D eigenvalue weighted by molar-refractivity contribution is 7.21. The second-order valence-electron chi connectivity index (χ2n) is 3.43. The molecule has 0 unspecified atom stereocenters. The Kier molecular flexibility index (Phi) is 3.26. The zero-order valence-corrected chi connectivity index (χ0v) is 10.5. The van der Waals surface area contributed by atoms with Crippen LogP contribution in [0.2, 0.25) is 0 Å². The van der Waals surface area contributed by atoms with Crippen LogP contribution in [0, 0.1) is 0 Å². The van der Waals surface area contributed by atoms with Crippen molar-refractivity contribution in [1.29, 1.82) is 0 Å². The predicted octanol–water partition coefficient (Wildman–Crippen LogP) is 3.36. The number of para-hydroxylation sites is 1. The van der Waals surface area contributed by atoms with Crippen molar-refractivity contribution in [1.82, 2.24) is 9.97 Å². The molecule has 2 heterocycles. The van der Waals surface area contributed by atoms with E-state index in [1.807, 2.05) is 36.4 Å². The van der Waals surface area contributed by atoms with Gasteiger partial charge in [0.05, 0.1) is 0 Å². The van der Waals surface area contributed by atoms with E-state index in [1.54, 1.807) is 17.5 Å². The summed E-state index contributed by atoms with van der Waals surface area (Å²) < 4.78 is 0. The molecule has 0 saturated carbocycles. The molecule has 1 aromatic carbocycles. The lowest BCUT2D eigenvalue weighted by Crippen LogP contribution is -1.87. The molecule has 3 rings (SSSR count). The monoisotopic (exact) mass is 263 g/mol. The number of thiazole rings is 1. The maximum Gasteiger partial charge on any atom is 0.143 e. The predicted molar refractivity (Wildman–Crippen MR) is 74.5 cm³/mol. The third-order valence-electron chi connectivity index (χ3n) is 2.36. The summed E-state index contributed by atoms with van der Waals surface area (Å²) in [6, 6.07) is 11.6. The maximum atomic E-state index is 5.92. The number of rotatable bonds is 1. The SMILES string of the molecule is Cl.Nc1ccccc1-c1nc2cccnc2s1. The number of fused-ring (bicyclic) bond motifs is 1. The van der Waals surface area contributed by atoms with Crippen LogP contribution in [0.4, 0.5) is 5.69 Å². The van der Waals surface area contributed by atoms with Crippen molar-refractivity contribution in [3.63, 3.8) is 0 Å². The minimum atomic E-state index is 0. The van der Waals surface area contributed by atoms with E-state index in [2.05, 4.69) is 9.97 Å². The lowest BCUT2D eigenvalue weighted by atomic mass is 10.2. The van der Waals surface area contributed by atoms with Gasteiger partial charge < -0.3 is 5.73 Å². The summed E-state index contributed by atoms with van der Waals surface area (Å²) in [5, 5.41) is 0.923. The first kappa shape index (κ1) is 11.8. The number of benzene rings is 1. The zero-order chi connectivity index (χ0) is 11.0. The fourth-order valence-corrected chi connectivity index (χ4v) is 2.53. The van der Waals surface area contributed by atoms with E-state index in [1.165, 1.54) is 0 Å². The molecule has 3 nitrogen and oxygen atoms in total. The Morgan fingerprint density at radius 1 is 1.06 bits per heavy atom. The maximum absolute atomic E-state index is 5.92. The van der Waals surface area contributed by atoms with Crippen molar-refractivity contribution in [2.75, 3.05) is 5.73 Å². The normalized spacial score (nSPS) is 10.1. The first-order chi connectivity index (χ1) is 7.84. The molecule has 5 heteroatoms. The summed E-state index contributed by atoms with van der Waals surface area (Å²) in [6.07, 6.45) is 1.78. The molecule has 0 atom stereocenters. The fourth-order valence-electron chi connectivity index (χ4n) is 1.58. The first-order valence-electron chi connectivity index (χ1n) is 4.91. The average Bonchev–Trinajstić information content (AvgIpc) is 2.73. The van der Waals surface area contributed by atoms with Crippen molar-refractivity contribution in [2.24, 2.45) is 0 Å². The second-order valence-corrected chi connectivity index (χ2v) is 4.41. The number of pyridine rings is 1. The summed E-state index contributed by atoms with van der Waals surface area (Å²) in [7, 11) is 0. The molecule has 0 saturated heterocycles. The number of aromatic nitrogens is 2. The van der Waals surface area contributed by atoms with Gasteiger partial charge in [-0.25, -0.2) is 9.97 Å². The van der Waals surface area contributed by atoms with Crippen LogP contribution < -0.4 is 5.73 Å². The molecule has 3 aromatic rings. The summed E-state index contributed by atoms with van der Waals surface area (Å²) >= 11 is 1.56. The highest BCUT2D eigenvalue weighted by Crippen LogP contribution is 2.31. The number of hydrogen-bond donors (Lipinski definition) is 1. The van der Waals surface area contributed by atoms with Crippen LogP contribution in [0.15, 0.2) is 42.6 Å². The largest absolute Gasteiger partial charge is 0.398 e. The molecule has 0 fully saturated rings. The Bertz CT molecular complexity index is 618. The third-order valence-corrected chi connectivity index (χ3v) is 3.37. The van der Waals surface area contributed by atoms with E-state index >= 15 is 0 Å². The smallest absolute Gasteiger partial charge is 0.143 e. The molecule has 0 aliphatic heterocycles. The van der Waals surface area contributed by atoms with Crippen LogP contribution >= 0.6 is 23.7 Å². The van der Waals surface area contributed by atoms with Gasteiger partial charge in [-0.1, -0.05) is 23.5 Å². The lowest BCUT2D eigenvalue weighted by molar-refractivity contribution is 1.41. The van der Waals surface area contributed by atoms with Crippen LogP contribution in [0.25, 0.3) is 20.9 Å². The van der Waals surface area contributed by atoms with Crippen LogP contribution in [-0.2, 0) is 0 Å². The number of anilines is 1. The van der Waals surface area contributed by atoms with Crippen LogP contribution in [0.5, 0.6) is 0 Å². The Labute approximate surface area is 109 Å². The Balaban J connectivity index is 0.00000108. The van der Waals surface area contributed by atoms with Gasteiger partial charge in [0, 0.05) is 17.4 Å². The molecular formula is C12H10ClN3S. The summed E-state index contributed by atoms with van der Waals surface area (Å²) in [5.74, 6) is 0. The molecule has 0 aliphatic carbocycles. The molecule has 0 spiro atoms. The van der Waals surface area contributed by atoms with Crippen LogP contribution in [-0.4, -0.2) is 9.97 Å². The molecule has 0 bridgehead atoms. The van der Waals surface area contributed by atoms with E-state index in [4.69, 9.17) is 5.73 Å². The zero-order valence-electron chi connectivity index (χ0n) is 8.83. The molecule has 0 radical (unpaired) electrons. The number of nitrogens with zero attached hydrogens (tertiary/aromatic N) is 2. The van der Waals surface area contributed by atoms with Gasteiger partial charge in [-0.2, -0.15) is 0 Å². The minimum absolute atomic E-state index is 0. The van der Waals surface area contributed by atoms with Crippen molar-refractivity contribution in [3.8, 4) is 10.6 Å². The Hall–Kier alpha value is -1.65. The highest BCUT2D eigenvalue weighted by atomic mass is 35.5. The van der Waals surface area contributed by atoms with E-state index in [0.29, 0.717) is 0 Å². The molecule has 86 valence electrons. The summed E-state index contributed by atoms with van der Waals surface area (Å²) in [6.45, 7) is 0.